The van der Waals surface area contributed by atoms with Crippen LogP contribution in [0, 0.1) is 0 Å². The number of hydrogen-bond donors (Lipinski definition) is 6. The number of unbranched alkanes of at least 4 members (excludes halogenated alkanes) is 13. The van der Waals surface area contributed by atoms with Crippen molar-refractivity contribution in [1.82, 2.24) is 0 Å². The molecule has 0 radical (unpaired) electrons. The first-order valence-corrected chi connectivity index (χ1v) is 25.9. The fourth-order valence-electron chi connectivity index (χ4n) is 6.81. The summed E-state index contributed by atoms with van der Waals surface area (Å²) in [5.41, 5.74) is 0. The summed E-state index contributed by atoms with van der Waals surface area (Å²) in [6, 6.07) is 0. The minimum atomic E-state index is -5.14. The van der Waals surface area contributed by atoms with Crippen molar-refractivity contribution >= 4 is 19.8 Å². The Morgan fingerprint density at radius 2 is 0.877 bits per heavy atom. The van der Waals surface area contributed by atoms with Crippen LogP contribution in [0.25, 0.3) is 0 Å². The quantitative estimate of drug-likeness (QED) is 0.0147. The maximum Gasteiger partial charge on any atom is 0.472 e. The number of ether oxygens (including phenoxy) is 2. The van der Waals surface area contributed by atoms with Crippen LogP contribution in [0.15, 0.2) is 85.1 Å². The van der Waals surface area contributed by atoms with E-state index >= 15 is 0 Å². The van der Waals surface area contributed by atoms with Crippen LogP contribution in [0.1, 0.15) is 168 Å². The van der Waals surface area contributed by atoms with Crippen LogP contribution in [0.3, 0.4) is 0 Å². The highest BCUT2D eigenvalue weighted by Crippen LogP contribution is 2.47. The van der Waals surface area contributed by atoms with Gasteiger partial charge in [0.05, 0.1) is 6.61 Å². The normalized spacial score (nSPS) is 22.2. The van der Waals surface area contributed by atoms with Crippen molar-refractivity contribution in [3.8, 4) is 0 Å². The van der Waals surface area contributed by atoms with Gasteiger partial charge in [0.2, 0.25) is 0 Å². The van der Waals surface area contributed by atoms with Gasteiger partial charge in [-0.15, -0.1) is 0 Å². The number of phosphoric acid groups is 1. The monoisotopic (exact) mass is 937 g/mol. The van der Waals surface area contributed by atoms with E-state index in [4.69, 9.17) is 18.5 Å². The fraction of sp³-hybridized carbons (Fsp3) is 0.686. The first kappa shape index (κ1) is 60.0. The van der Waals surface area contributed by atoms with Crippen LogP contribution >= 0.6 is 7.82 Å². The zero-order chi connectivity index (χ0) is 47.8. The fourth-order valence-corrected chi connectivity index (χ4v) is 7.79. The molecule has 1 aliphatic rings. The van der Waals surface area contributed by atoms with Crippen molar-refractivity contribution < 1.29 is 63.1 Å². The first-order valence-electron chi connectivity index (χ1n) is 24.4. The summed E-state index contributed by atoms with van der Waals surface area (Å²) < 4.78 is 33.6. The molecule has 8 atom stereocenters. The van der Waals surface area contributed by atoms with Gasteiger partial charge in [-0.05, 0) is 89.9 Å². The Labute approximate surface area is 390 Å². The molecule has 0 spiro atoms. The molecule has 13 nitrogen and oxygen atoms in total. The van der Waals surface area contributed by atoms with E-state index in [1.54, 1.807) is 0 Å². The van der Waals surface area contributed by atoms with Gasteiger partial charge in [0.15, 0.2) is 6.10 Å². The average molecular weight is 937 g/mol. The summed E-state index contributed by atoms with van der Waals surface area (Å²) in [6.45, 7) is 3.12. The third kappa shape index (κ3) is 32.4. The molecule has 1 rings (SSSR count). The number of aliphatic hydroxyl groups excluding tert-OH is 5. The molecule has 0 aromatic carbocycles. The molecule has 65 heavy (non-hydrogen) atoms. The Morgan fingerprint density at radius 1 is 0.492 bits per heavy atom. The van der Waals surface area contributed by atoms with E-state index in [1.165, 1.54) is 19.3 Å². The summed E-state index contributed by atoms with van der Waals surface area (Å²) >= 11 is 0. The second kappa shape index (κ2) is 40.1. The van der Waals surface area contributed by atoms with Crippen molar-refractivity contribution in [3.05, 3.63) is 85.1 Å². The molecule has 6 unspecified atom stereocenters. The lowest BCUT2D eigenvalue weighted by Gasteiger charge is -2.41. The predicted molar refractivity (Wildman–Crippen MR) is 258 cm³/mol. The van der Waals surface area contributed by atoms with Crippen LogP contribution < -0.4 is 0 Å². The van der Waals surface area contributed by atoms with Gasteiger partial charge in [-0.2, -0.15) is 0 Å². The molecule has 1 fully saturated rings. The van der Waals surface area contributed by atoms with Crippen LogP contribution in [-0.4, -0.2) is 98.3 Å². The minimum absolute atomic E-state index is 0.0511. The molecule has 0 aromatic rings. The molecule has 372 valence electrons. The van der Waals surface area contributed by atoms with Crippen molar-refractivity contribution in [2.45, 2.75) is 211 Å². The Hall–Kier alpha value is -2.97. The van der Waals surface area contributed by atoms with E-state index in [9.17, 15) is 44.6 Å². The third-order valence-electron chi connectivity index (χ3n) is 10.7. The molecule has 0 saturated heterocycles. The standard InChI is InChI=1S/C51H85O13P/c1-3-5-7-9-11-13-15-17-19-21-22-24-26-28-30-32-34-36-38-40-45(53)63-43(42-62-65(59,60)64-51-49(57)47(55)46(54)48(56)50(51)58)41-61-44(52)39-37-35-33-31-29-27-25-23-20-18-16-14-12-10-8-6-4-2/h5,7,11-14,17-20,22,24,28,30,43,46-51,54-58H,3-4,6,8-10,15-16,21,23,25-27,29,31-42H2,1-2H3,(H,59,60)/b7-5+,13-11+,14-12+,19-17+,20-18+,24-22+,30-28+/t43-,46?,47-,48?,49?,50?,51?/m1/s1. The molecule has 6 N–H and O–H groups in total. The summed E-state index contributed by atoms with van der Waals surface area (Å²) in [6.07, 6.45) is 39.1. The summed E-state index contributed by atoms with van der Waals surface area (Å²) in [5, 5.41) is 50.2. The first-order chi connectivity index (χ1) is 31.4. The van der Waals surface area contributed by atoms with Gasteiger partial charge >= 0.3 is 19.8 Å². The summed E-state index contributed by atoms with van der Waals surface area (Å²) in [7, 11) is -5.14. The van der Waals surface area contributed by atoms with Gasteiger partial charge in [0.25, 0.3) is 0 Å². The van der Waals surface area contributed by atoms with Crippen molar-refractivity contribution in [2.75, 3.05) is 13.2 Å². The van der Waals surface area contributed by atoms with Crippen molar-refractivity contribution in [3.63, 3.8) is 0 Å². The lowest BCUT2D eigenvalue weighted by Crippen LogP contribution is -2.64. The lowest BCUT2D eigenvalue weighted by molar-refractivity contribution is -0.220. The van der Waals surface area contributed by atoms with E-state index in [0.717, 1.165) is 109 Å². The SMILES string of the molecule is CC/C=C/C/C=C/C/C=C/C/C=C/C/C=C/CCCCCC(=O)O[C@H](COC(=O)CCCCCCCCC/C=C/C/C=C/CCCCC)COP(=O)(O)OC1C(O)C(O)C(O)[C@@H](O)C1O. The number of phosphoric ester groups is 1. The Kier molecular flexibility index (Phi) is 37.1. The smallest absolute Gasteiger partial charge is 0.462 e. The number of carbonyl (C=O) groups excluding carboxylic acids is 2. The van der Waals surface area contributed by atoms with Crippen LogP contribution in [0.4, 0.5) is 0 Å². The third-order valence-corrected chi connectivity index (χ3v) is 11.7. The van der Waals surface area contributed by atoms with Gasteiger partial charge in [0.1, 0.15) is 43.2 Å². The molecule has 1 saturated carbocycles. The largest absolute Gasteiger partial charge is 0.472 e. The Morgan fingerprint density at radius 3 is 1.35 bits per heavy atom. The van der Waals surface area contributed by atoms with Gasteiger partial charge in [-0.1, -0.05) is 150 Å². The molecule has 0 amide bonds. The summed E-state index contributed by atoms with van der Waals surface area (Å²) in [4.78, 5) is 35.8. The number of carbonyl (C=O) groups is 2. The number of aliphatic hydroxyl groups is 5. The molecule has 0 aromatic heterocycles. The number of hydrogen-bond acceptors (Lipinski definition) is 12. The second-order valence-corrected chi connectivity index (χ2v) is 18.0. The van der Waals surface area contributed by atoms with Crippen LogP contribution in [-0.2, 0) is 32.7 Å². The van der Waals surface area contributed by atoms with E-state index in [1.807, 2.05) is 0 Å². The van der Waals surface area contributed by atoms with E-state index in [0.29, 0.717) is 12.8 Å². The van der Waals surface area contributed by atoms with Crippen molar-refractivity contribution in [2.24, 2.45) is 0 Å². The maximum atomic E-state index is 12.8. The molecule has 14 heteroatoms. The Balaban J connectivity index is 2.47. The topological polar surface area (TPSA) is 210 Å². The second-order valence-electron chi connectivity index (χ2n) is 16.6. The zero-order valence-corrected chi connectivity index (χ0v) is 40.4. The number of rotatable bonds is 39. The predicted octanol–water partition coefficient (Wildman–Crippen LogP) is 10.1. The number of allylic oxidation sites excluding steroid dienone is 14. The summed E-state index contributed by atoms with van der Waals surface area (Å²) in [5.74, 6) is -1.15. The van der Waals surface area contributed by atoms with Crippen molar-refractivity contribution in [1.29, 1.82) is 0 Å². The number of esters is 2. The van der Waals surface area contributed by atoms with E-state index in [2.05, 4.69) is 98.9 Å². The van der Waals surface area contributed by atoms with Gasteiger partial charge < -0.3 is 39.9 Å². The Bertz CT molecular complexity index is 1460. The van der Waals surface area contributed by atoms with Gasteiger partial charge in [-0.25, -0.2) is 4.57 Å². The van der Waals surface area contributed by atoms with Gasteiger partial charge in [0, 0.05) is 12.8 Å². The van der Waals surface area contributed by atoms with Crippen LogP contribution in [0.5, 0.6) is 0 Å². The molecule has 0 aliphatic heterocycles. The molecular formula is C51H85O13P. The molecule has 0 heterocycles. The molecule has 0 bridgehead atoms. The molecular weight excluding hydrogens is 852 g/mol. The highest BCUT2D eigenvalue weighted by molar-refractivity contribution is 7.47. The van der Waals surface area contributed by atoms with Gasteiger partial charge in [-0.3, -0.25) is 18.6 Å². The van der Waals surface area contributed by atoms with E-state index in [-0.39, 0.29) is 12.8 Å². The van der Waals surface area contributed by atoms with E-state index < -0.39 is 75.7 Å². The molecule has 1 aliphatic carbocycles. The minimum Gasteiger partial charge on any atom is -0.462 e. The average Bonchev–Trinajstić information content (AvgIpc) is 3.29. The highest BCUT2D eigenvalue weighted by Gasteiger charge is 2.51. The maximum absolute atomic E-state index is 12.8. The highest BCUT2D eigenvalue weighted by atomic mass is 31.2. The van der Waals surface area contributed by atoms with Crippen LogP contribution in [0.2, 0.25) is 0 Å². The zero-order valence-electron chi connectivity index (χ0n) is 39.5. The lowest BCUT2D eigenvalue weighted by atomic mass is 9.85.